The van der Waals surface area contributed by atoms with Gasteiger partial charge in [0.2, 0.25) is 11.8 Å². The number of nitrogens with zero attached hydrogens (tertiary/aromatic N) is 6. The van der Waals surface area contributed by atoms with Crippen LogP contribution in [0.1, 0.15) is 59.7 Å². The zero-order chi connectivity index (χ0) is 31.1. The van der Waals surface area contributed by atoms with Crippen molar-refractivity contribution in [3.8, 4) is 5.75 Å². The Balaban J connectivity index is 1.53. The van der Waals surface area contributed by atoms with E-state index in [2.05, 4.69) is 26.0 Å². The zero-order valence-corrected chi connectivity index (χ0v) is 25.5. The maximum atomic E-state index is 14.1. The normalized spacial score (nSPS) is 17.0. The minimum atomic E-state index is -0.854. The second kappa shape index (κ2) is 14.3. The third-order valence-corrected chi connectivity index (χ3v) is 7.60. The van der Waals surface area contributed by atoms with Crippen LogP contribution in [0.4, 0.5) is 4.39 Å². The summed E-state index contributed by atoms with van der Waals surface area (Å²) in [5, 5.41) is 18.5. The molecule has 232 valence electrons. The molecule has 2 aromatic heterocycles. The van der Waals surface area contributed by atoms with E-state index in [9.17, 15) is 18.8 Å². The molecule has 0 aliphatic carbocycles. The molecule has 0 spiro atoms. The third-order valence-electron chi connectivity index (χ3n) is 7.60. The summed E-state index contributed by atoms with van der Waals surface area (Å²) in [7, 11) is 1.89. The summed E-state index contributed by atoms with van der Waals surface area (Å²) in [6.45, 7) is 9.20. The topological polar surface area (TPSA) is 136 Å². The van der Waals surface area contributed by atoms with Gasteiger partial charge in [-0.15, -0.1) is 5.10 Å². The Morgan fingerprint density at radius 2 is 1.98 bits per heavy atom. The molecule has 3 amide bonds. The van der Waals surface area contributed by atoms with E-state index in [-0.39, 0.29) is 48.7 Å². The molecule has 4 rings (SSSR count). The Kier molecular flexibility index (Phi) is 10.5. The van der Waals surface area contributed by atoms with Crippen LogP contribution in [0.15, 0.2) is 24.4 Å². The van der Waals surface area contributed by atoms with Gasteiger partial charge in [0.25, 0.3) is 5.91 Å². The lowest BCUT2D eigenvalue weighted by atomic mass is 10.0. The number of halogens is 1. The number of fused-ring (bicyclic) bond motifs is 3. The molecule has 3 heterocycles. The van der Waals surface area contributed by atoms with Gasteiger partial charge in [-0.1, -0.05) is 19.1 Å². The van der Waals surface area contributed by atoms with E-state index in [1.54, 1.807) is 15.8 Å². The first kappa shape index (κ1) is 31.6. The van der Waals surface area contributed by atoms with Crippen LogP contribution in [0.5, 0.6) is 5.75 Å². The number of nitrogens with one attached hydrogen (secondary N) is 2. The molecule has 1 aromatic carbocycles. The second-order valence-corrected chi connectivity index (χ2v) is 11.3. The van der Waals surface area contributed by atoms with E-state index in [4.69, 9.17) is 4.74 Å². The molecular formula is C30H41FN8O4. The monoisotopic (exact) mass is 596 g/mol. The first-order valence-corrected chi connectivity index (χ1v) is 14.7. The largest absolute Gasteiger partial charge is 0.491 e. The Labute approximate surface area is 250 Å². The summed E-state index contributed by atoms with van der Waals surface area (Å²) >= 11 is 0. The fourth-order valence-electron chi connectivity index (χ4n) is 5.17. The lowest BCUT2D eigenvalue weighted by Crippen LogP contribution is -2.49. The SMILES string of the molecule is Cc1nn(C)c(C)c1CCC(=O)N1CCNC(=O)[C@@H](CC(C)C)NC(=O)c2cc(F)ccc2OCCn2cc(nn2)CC1. The smallest absolute Gasteiger partial charge is 0.255 e. The quantitative estimate of drug-likeness (QED) is 0.461. The number of carbonyl (C=O) groups excluding carboxylic acids is 3. The molecule has 3 aromatic rings. The lowest BCUT2D eigenvalue weighted by molar-refractivity contribution is -0.131. The van der Waals surface area contributed by atoms with Gasteiger partial charge in [0, 0.05) is 51.4 Å². The van der Waals surface area contributed by atoms with Crippen LogP contribution in [-0.2, 0) is 36.0 Å². The summed E-state index contributed by atoms with van der Waals surface area (Å²) < 4.78 is 23.4. The molecule has 0 radical (unpaired) electrons. The number of carbonyl (C=O) groups is 3. The number of rotatable bonds is 5. The first-order valence-electron chi connectivity index (χ1n) is 14.7. The Bertz CT molecular complexity index is 1450. The molecule has 43 heavy (non-hydrogen) atoms. The second-order valence-electron chi connectivity index (χ2n) is 11.3. The minimum absolute atomic E-state index is 0.00202. The van der Waals surface area contributed by atoms with Crippen molar-refractivity contribution in [1.82, 2.24) is 40.3 Å². The predicted octanol–water partition coefficient (Wildman–Crippen LogP) is 2.12. The van der Waals surface area contributed by atoms with E-state index in [1.807, 2.05) is 39.4 Å². The fourth-order valence-corrected chi connectivity index (χ4v) is 5.17. The number of amides is 3. The number of hydrogen-bond acceptors (Lipinski definition) is 7. The van der Waals surface area contributed by atoms with Gasteiger partial charge < -0.3 is 20.3 Å². The van der Waals surface area contributed by atoms with Crippen LogP contribution >= 0.6 is 0 Å². The lowest BCUT2D eigenvalue weighted by Gasteiger charge is -2.25. The Hall–Kier alpha value is -4.29. The number of ether oxygens (including phenoxy) is 1. The van der Waals surface area contributed by atoms with E-state index in [0.717, 1.165) is 23.0 Å². The molecule has 0 fully saturated rings. The molecule has 2 bridgehead atoms. The standard InChI is InChI=1S/C30H41FN8O4/c1-19(2)16-26-30(42)32-11-13-38(28(40)9-7-24-20(3)35-37(5)21(24)4)12-10-23-18-39(36-34-23)14-15-43-27-8-6-22(31)17-25(27)29(41)33-26/h6,8,17-19,26H,7,9-16H2,1-5H3,(H,32,42)(H,33,41)/t26-/m1/s1. The Morgan fingerprint density at radius 1 is 1.19 bits per heavy atom. The molecule has 1 aliphatic rings. The summed E-state index contributed by atoms with van der Waals surface area (Å²) in [5.41, 5.74) is 3.70. The van der Waals surface area contributed by atoms with Crippen LogP contribution in [0.2, 0.25) is 0 Å². The van der Waals surface area contributed by atoms with Gasteiger partial charge in [-0.3, -0.25) is 19.1 Å². The van der Waals surface area contributed by atoms with Crippen molar-refractivity contribution in [3.05, 3.63) is 58.4 Å². The average Bonchev–Trinajstić information content (AvgIpc) is 3.51. The molecule has 13 heteroatoms. The molecule has 2 N–H and O–H groups in total. The summed E-state index contributed by atoms with van der Waals surface area (Å²) in [4.78, 5) is 41.6. The highest BCUT2D eigenvalue weighted by molar-refractivity contribution is 5.99. The van der Waals surface area contributed by atoms with E-state index in [1.165, 1.54) is 12.1 Å². The van der Waals surface area contributed by atoms with Crippen LogP contribution in [0.3, 0.4) is 0 Å². The summed E-state index contributed by atoms with van der Waals surface area (Å²) in [5.74, 6) is -1.33. The van der Waals surface area contributed by atoms with Gasteiger partial charge in [0.05, 0.1) is 23.5 Å². The van der Waals surface area contributed by atoms with Crippen LogP contribution in [-0.4, -0.2) is 79.7 Å². The van der Waals surface area contributed by atoms with E-state index >= 15 is 0 Å². The molecule has 0 saturated heterocycles. The summed E-state index contributed by atoms with van der Waals surface area (Å²) in [6.07, 6.45) is 3.51. The molecule has 1 atom stereocenters. The first-order chi connectivity index (χ1) is 20.5. The molecular weight excluding hydrogens is 555 g/mol. The highest BCUT2D eigenvalue weighted by Crippen LogP contribution is 2.21. The van der Waals surface area contributed by atoms with Gasteiger partial charge in [0.15, 0.2) is 0 Å². The minimum Gasteiger partial charge on any atom is -0.491 e. The molecule has 1 aliphatic heterocycles. The average molecular weight is 597 g/mol. The van der Waals surface area contributed by atoms with Crippen LogP contribution < -0.4 is 15.4 Å². The third kappa shape index (κ3) is 8.39. The highest BCUT2D eigenvalue weighted by Gasteiger charge is 2.25. The highest BCUT2D eigenvalue weighted by atomic mass is 19.1. The molecule has 0 saturated carbocycles. The predicted molar refractivity (Wildman–Crippen MR) is 157 cm³/mol. The maximum absolute atomic E-state index is 14.1. The fraction of sp³-hybridized carbons (Fsp3) is 0.533. The van der Waals surface area contributed by atoms with Crippen molar-refractivity contribution in [2.24, 2.45) is 13.0 Å². The zero-order valence-electron chi connectivity index (χ0n) is 25.5. The van der Waals surface area contributed by atoms with Crippen molar-refractivity contribution < 1.29 is 23.5 Å². The van der Waals surface area contributed by atoms with Gasteiger partial charge in [-0.05, 0) is 56.4 Å². The Morgan fingerprint density at radius 3 is 2.70 bits per heavy atom. The molecule has 12 nitrogen and oxygen atoms in total. The maximum Gasteiger partial charge on any atom is 0.255 e. The van der Waals surface area contributed by atoms with Gasteiger partial charge in [-0.25, -0.2) is 9.07 Å². The van der Waals surface area contributed by atoms with Crippen molar-refractivity contribution in [1.29, 1.82) is 0 Å². The van der Waals surface area contributed by atoms with Crippen molar-refractivity contribution >= 4 is 17.7 Å². The van der Waals surface area contributed by atoms with Gasteiger partial charge in [-0.2, -0.15) is 5.10 Å². The molecule has 0 unspecified atom stereocenters. The number of aromatic nitrogens is 5. The van der Waals surface area contributed by atoms with Crippen LogP contribution in [0.25, 0.3) is 0 Å². The van der Waals surface area contributed by atoms with Gasteiger partial charge >= 0.3 is 0 Å². The van der Waals surface area contributed by atoms with Crippen molar-refractivity contribution in [3.63, 3.8) is 0 Å². The van der Waals surface area contributed by atoms with Crippen LogP contribution in [0, 0.1) is 25.6 Å². The number of aryl methyl sites for hydroxylation is 2. The number of benzene rings is 1. The summed E-state index contributed by atoms with van der Waals surface area (Å²) in [6, 6.07) is 2.86. The van der Waals surface area contributed by atoms with E-state index < -0.39 is 17.8 Å². The van der Waals surface area contributed by atoms with Crippen molar-refractivity contribution in [2.75, 3.05) is 26.2 Å². The van der Waals surface area contributed by atoms with Gasteiger partial charge in [0.1, 0.15) is 24.2 Å². The van der Waals surface area contributed by atoms with Crippen molar-refractivity contribution in [2.45, 2.75) is 66.0 Å². The number of hydrogen-bond donors (Lipinski definition) is 2. The van der Waals surface area contributed by atoms with E-state index in [0.29, 0.717) is 44.5 Å².